The van der Waals surface area contributed by atoms with E-state index < -0.39 is 0 Å². The monoisotopic (exact) mass is 372 g/mol. The Balaban J connectivity index is 1.17. The molecule has 0 unspecified atom stereocenters. The highest BCUT2D eigenvalue weighted by atomic mass is 16.5. The number of rotatable bonds is 4. The number of benzene rings is 1. The standard InChI is InChI=1S/C21H32N4O2/c26-21(24-10-7-20(8-11-24)23-12-14-27-15-13-23)22-16-18-6-9-25(17-18)19-4-2-1-3-5-19/h1-5,18,20H,6-17H2,(H,22,26)/t18-/m1/s1. The Morgan fingerprint density at radius 2 is 1.74 bits per heavy atom. The molecule has 0 saturated carbocycles. The molecule has 1 atom stereocenters. The van der Waals surface area contributed by atoms with Crippen LogP contribution in [0, 0.1) is 5.92 Å². The lowest BCUT2D eigenvalue weighted by atomic mass is 10.0. The second kappa shape index (κ2) is 8.93. The fourth-order valence-electron chi connectivity index (χ4n) is 4.59. The molecule has 0 spiro atoms. The lowest BCUT2D eigenvalue weighted by molar-refractivity contribution is 0.00379. The van der Waals surface area contributed by atoms with E-state index in [0.29, 0.717) is 12.0 Å². The van der Waals surface area contributed by atoms with Crippen molar-refractivity contribution >= 4 is 11.7 Å². The Bertz CT molecular complexity index is 597. The first kappa shape index (κ1) is 18.6. The molecule has 6 nitrogen and oxygen atoms in total. The average Bonchev–Trinajstić information content (AvgIpc) is 3.22. The van der Waals surface area contributed by atoms with Gasteiger partial charge in [0.1, 0.15) is 0 Å². The fraction of sp³-hybridized carbons (Fsp3) is 0.667. The number of ether oxygens (including phenoxy) is 1. The average molecular weight is 373 g/mol. The van der Waals surface area contributed by atoms with E-state index in [4.69, 9.17) is 4.74 Å². The van der Waals surface area contributed by atoms with E-state index in [1.807, 2.05) is 4.90 Å². The number of nitrogens with zero attached hydrogens (tertiary/aromatic N) is 3. The van der Waals surface area contributed by atoms with Crippen molar-refractivity contribution in [2.45, 2.75) is 25.3 Å². The topological polar surface area (TPSA) is 48.1 Å². The Kier molecular flexibility index (Phi) is 6.14. The van der Waals surface area contributed by atoms with Gasteiger partial charge in [-0.25, -0.2) is 4.79 Å². The van der Waals surface area contributed by atoms with Crippen LogP contribution in [0.25, 0.3) is 0 Å². The van der Waals surface area contributed by atoms with Gasteiger partial charge in [-0.2, -0.15) is 0 Å². The third-order valence-electron chi connectivity index (χ3n) is 6.26. The third kappa shape index (κ3) is 4.74. The van der Waals surface area contributed by atoms with Crippen LogP contribution < -0.4 is 10.2 Å². The lowest BCUT2D eigenvalue weighted by Crippen LogP contribution is -2.52. The molecule has 0 radical (unpaired) electrons. The van der Waals surface area contributed by atoms with Gasteiger partial charge in [-0.05, 0) is 37.3 Å². The third-order valence-corrected chi connectivity index (χ3v) is 6.26. The van der Waals surface area contributed by atoms with Crippen LogP contribution in [0.4, 0.5) is 10.5 Å². The van der Waals surface area contributed by atoms with Crippen LogP contribution in [-0.2, 0) is 4.74 Å². The van der Waals surface area contributed by atoms with E-state index >= 15 is 0 Å². The van der Waals surface area contributed by atoms with E-state index in [1.165, 1.54) is 5.69 Å². The minimum Gasteiger partial charge on any atom is -0.379 e. The van der Waals surface area contributed by atoms with Crippen molar-refractivity contribution in [3.8, 4) is 0 Å². The summed E-state index contributed by atoms with van der Waals surface area (Å²) >= 11 is 0. The van der Waals surface area contributed by atoms with Gasteiger partial charge in [0.25, 0.3) is 0 Å². The van der Waals surface area contributed by atoms with Crippen molar-refractivity contribution in [3.05, 3.63) is 30.3 Å². The van der Waals surface area contributed by atoms with E-state index in [9.17, 15) is 4.79 Å². The second-order valence-electron chi connectivity index (χ2n) is 7.99. The summed E-state index contributed by atoms with van der Waals surface area (Å²) in [4.78, 5) is 19.5. The van der Waals surface area contributed by atoms with Gasteiger partial charge in [-0.1, -0.05) is 18.2 Å². The Morgan fingerprint density at radius 3 is 2.48 bits per heavy atom. The maximum Gasteiger partial charge on any atom is 0.317 e. The van der Waals surface area contributed by atoms with Crippen LogP contribution in [0.2, 0.25) is 0 Å². The van der Waals surface area contributed by atoms with Crippen molar-refractivity contribution in [1.82, 2.24) is 15.1 Å². The number of carbonyl (C=O) groups excluding carboxylic acids is 1. The first-order chi connectivity index (χ1) is 13.3. The number of nitrogens with one attached hydrogen (secondary N) is 1. The zero-order chi connectivity index (χ0) is 18.5. The summed E-state index contributed by atoms with van der Waals surface area (Å²) < 4.78 is 5.45. The number of carbonyl (C=O) groups is 1. The summed E-state index contributed by atoms with van der Waals surface area (Å²) in [5.41, 5.74) is 1.29. The smallest absolute Gasteiger partial charge is 0.317 e. The molecule has 1 aromatic carbocycles. The van der Waals surface area contributed by atoms with E-state index in [0.717, 1.165) is 78.3 Å². The first-order valence-corrected chi connectivity index (χ1v) is 10.4. The molecule has 1 aromatic rings. The summed E-state index contributed by atoms with van der Waals surface area (Å²) in [6.07, 6.45) is 3.31. The molecule has 27 heavy (non-hydrogen) atoms. The molecule has 0 aromatic heterocycles. The molecular formula is C21H32N4O2. The van der Waals surface area contributed by atoms with Gasteiger partial charge in [-0.3, -0.25) is 4.90 Å². The molecule has 0 bridgehead atoms. The Morgan fingerprint density at radius 1 is 1.00 bits per heavy atom. The van der Waals surface area contributed by atoms with Crippen molar-refractivity contribution in [1.29, 1.82) is 0 Å². The van der Waals surface area contributed by atoms with Gasteiger partial charge in [0, 0.05) is 57.5 Å². The van der Waals surface area contributed by atoms with Crippen molar-refractivity contribution in [3.63, 3.8) is 0 Å². The number of piperidine rings is 1. The van der Waals surface area contributed by atoms with Crippen LogP contribution in [0.3, 0.4) is 0 Å². The minimum atomic E-state index is 0.119. The normalized spacial score (nSPS) is 25.0. The quantitative estimate of drug-likeness (QED) is 0.879. The molecule has 2 amide bonds. The Labute approximate surface area is 162 Å². The summed E-state index contributed by atoms with van der Waals surface area (Å²) in [6, 6.07) is 11.3. The van der Waals surface area contributed by atoms with Gasteiger partial charge >= 0.3 is 6.03 Å². The SMILES string of the molecule is O=C(NC[C@H]1CCN(c2ccccc2)C1)N1CCC(N2CCOCC2)CC1. The summed E-state index contributed by atoms with van der Waals surface area (Å²) in [5, 5.41) is 3.19. The van der Waals surface area contributed by atoms with Crippen LogP contribution in [0.15, 0.2) is 30.3 Å². The van der Waals surface area contributed by atoms with Gasteiger partial charge in [-0.15, -0.1) is 0 Å². The van der Waals surface area contributed by atoms with E-state index in [1.54, 1.807) is 0 Å². The lowest BCUT2D eigenvalue weighted by Gasteiger charge is -2.40. The van der Waals surface area contributed by atoms with Crippen molar-refractivity contribution < 1.29 is 9.53 Å². The number of likely N-dealkylation sites (tertiary alicyclic amines) is 1. The highest BCUT2D eigenvalue weighted by molar-refractivity contribution is 5.74. The number of amides is 2. The molecule has 3 fully saturated rings. The predicted octanol–water partition coefficient (Wildman–Crippen LogP) is 2.02. The zero-order valence-corrected chi connectivity index (χ0v) is 16.2. The highest BCUT2D eigenvalue weighted by Gasteiger charge is 2.28. The van der Waals surface area contributed by atoms with Crippen molar-refractivity contribution in [2.75, 3.05) is 63.9 Å². The fourth-order valence-corrected chi connectivity index (χ4v) is 4.59. The van der Waals surface area contributed by atoms with Crippen LogP contribution in [0.5, 0.6) is 0 Å². The largest absolute Gasteiger partial charge is 0.379 e. The van der Waals surface area contributed by atoms with Crippen LogP contribution in [-0.4, -0.2) is 80.9 Å². The van der Waals surface area contributed by atoms with Crippen molar-refractivity contribution in [2.24, 2.45) is 5.92 Å². The molecule has 1 N–H and O–H groups in total. The molecule has 3 aliphatic rings. The molecule has 148 valence electrons. The Hall–Kier alpha value is -1.79. The maximum atomic E-state index is 12.6. The number of urea groups is 1. The number of anilines is 1. The summed E-state index contributed by atoms with van der Waals surface area (Å²) in [6.45, 7) is 8.41. The number of para-hydroxylation sites is 1. The second-order valence-corrected chi connectivity index (χ2v) is 7.99. The summed E-state index contributed by atoms with van der Waals surface area (Å²) in [7, 11) is 0. The summed E-state index contributed by atoms with van der Waals surface area (Å²) in [5.74, 6) is 0.542. The molecular weight excluding hydrogens is 340 g/mol. The first-order valence-electron chi connectivity index (χ1n) is 10.4. The molecule has 4 rings (SSSR count). The molecule has 6 heteroatoms. The van der Waals surface area contributed by atoms with Gasteiger partial charge in [0.2, 0.25) is 0 Å². The molecule has 3 saturated heterocycles. The predicted molar refractivity (Wildman–Crippen MR) is 107 cm³/mol. The molecule has 3 heterocycles. The number of morpholine rings is 1. The van der Waals surface area contributed by atoms with Gasteiger partial charge in [0.05, 0.1) is 13.2 Å². The van der Waals surface area contributed by atoms with Gasteiger partial charge < -0.3 is 19.9 Å². The van der Waals surface area contributed by atoms with E-state index in [2.05, 4.69) is 45.4 Å². The highest BCUT2D eigenvalue weighted by Crippen LogP contribution is 2.23. The number of hydrogen-bond donors (Lipinski definition) is 1. The number of hydrogen-bond acceptors (Lipinski definition) is 4. The van der Waals surface area contributed by atoms with Gasteiger partial charge in [0.15, 0.2) is 0 Å². The van der Waals surface area contributed by atoms with Crippen LogP contribution in [0.1, 0.15) is 19.3 Å². The van der Waals surface area contributed by atoms with Crippen LogP contribution >= 0.6 is 0 Å². The maximum absolute atomic E-state index is 12.6. The molecule has 0 aliphatic carbocycles. The molecule has 3 aliphatic heterocycles. The van der Waals surface area contributed by atoms with E-state index in [-0.39, 0.29) is 6.03 Å². The zero-order valence-electron chi connectivity index (χ0n) is 16.2. The minimum absolute atomic E-state index is 0.119.